The zero-order chi connectivity index (χ0) is 22.7. The quantitative estimate of drug-likeness (QED) is 0.619. The Kier molecular flexibility index (Phi) is 6.60. The molecule has 1 saturated heterocycles. The van der Waals surface area contributed by atoms with E-state index in [1.165, 1.54) is 16.2 Å². The van der Waals surface area contributed by atoms with Gasteiger partial charge in [0.05, 0.1) is 12.2 Å². The van der Waals surface area contributed by atoms with Gasteiger partial charge in [0.1, 0.15) is 5.70 Å². The Morgan fingerprint density at radius 2 is 1.78 bits per heavy atom. The summed E-state index contributed by atoms with van der Waals surface area (Å²) in [5.74, 6) is -0.518. The fraction of sp³-hybridized carbons (Fsp3) is 0.375. The van der Waals surface area contributed by atoms with Crippen LogP contribution < -0.4 is 4.90 Å². The largest absolute Gasteiger partial charge is 0.450 e. The van der Waals surface area contributed by atoms with Crippen molar-refractivity contribution in [2.24, 2.45) is 0 Å². The zero-order valence-electron chi connectivity index (χ0n) is 18.3. The van der Waals surface area contributed by atoms with Crippen LogP contribution in [0.15, 0.2) is 53.5 Å². The van der Waals surface area contributed by atoms with Gasteiger partial charge in [-0.05, 0) is 50.3 Å². The fourth-order valence-corrected chi connectivity index (χ4v) is 5.12. The van der Waals surface area contributed by atoms with E-state index in [9.17, 15) is 14.4 Å². The van der Waals surface area contributed by atoms with Crippen molar-refractivity contribution >= 4 is 40.5 Å². The van der Waals surface area contributed by atoms with Crippen LogP contribution >= 0.6 is 11.3 Å². The SMILES string of the molecule is CCOC(=O)N1CCC(N2C(=O)C(c3cccs3)=C(N(CC)c3ccccc3)C2=O)CC1. The molecule has 2 aromatic rings. The van der Waals surface area contributed by atoms with Gasteiger partial charge in [-0.3, -0.25) is 14.5 Å². The molecule has 2 aliphatic rings. The average molecular weight is 454 g/mol. The Morgan fingerprint density at radius 1 is 1.06 bits per heavy atom. The number of thiophene rings is 1. The van der Waals surface area contributed by atoms with Crippen molar-refractivity contribution in [1.82, 2.24) is 9.80 Å². The van der Waals surface area contributed by atoms with Crippen LogP contribution in [0.4, 0.5) is 10.5 Å². The monoisotopic (exact) mass is 453 g/mol. The van der Waals surface area contributed by atoms with Gasteiger partial charge >= 0.3 is 6.09 Å². The predicted molar refractivity (Wildman–Crippen MR) is 124 cm³/mol. The highest BCUT2D eigenvalue weighted by Crippen LogP contribution is 2.38. The second kappa shape index (κ2) is 9.56. The van der Waals surface area contributed by atoms with Crippen LogP contribution in [0.5, 0.6) is 0 Å². The molecule has 1 fully saturated rings. The molecule has 168 valence electrons. The molecule has 0 atom stereocenters. The minimum Gasteiger partial charge on any atom is -0.450 e. The van der Waals surface area contributed by atoms with Gasteiger partial charge < -0.3 is 14.5 Å². The third kappa shape index (κ3) is 4.02. The van der Waals surface area contributed by atoms with Crippen molar-refractivity contribution in [3.63, 3.8) is 0 Å². The number of imide groups is 1. The number of nitrogens with zero attached hydrogens (tertiary/aromatic N) is 3. The van der Waals surface area contributed by atoms with E-state index in [0.717, 1.165) is 10.6 Å². The normalized spacial score (nSPS) is 17.3. The van der Waals surface area contributed by atoms with Gasteiger partial charge in [0.25, 0.3) is 11.8 Å². The summed E-state index contributed by atoms with van der Waals surface area (Å²) in [6, 6.07) is 13.2. The lowest BCUT2D eigenvalue weighted by molar-refractivity contribution is -0.140. The fourth-order valence-electron chi connectivity index (χ4n) is 4.36. The maximum absolute atomic E-state index is 13.7. The van der Waals surface area contributed by atoms with Crippen LogP contribution in [0, 0.1) is 0 Å². The van der Waals surface area contributed by atoms with Crippen LogP contribution in [-0.2, 0) is 14.3 Å². The van der Waals surface area contributed by atoms with Gasteiger partial charge in [0.2, 0.25) is 0 Å². The molecule has 3 amide bonds. The summed E-state index contributed by atoms with van der Waals surface area (Å²) < 4.78 is 5.09. The van der Waals surface area contributed by atoms with E-state index in [4.69, 9.17) is 4.74 Å². The minimum absolute atomic E-state index is 0.248. The number of carbonyl (C=O) groups excluding carboxylic acids is 3. The lowest BCUT2D eigenvalue weighted by Gasteiger charge is -2.35. The molecule has 32 heavy (non-hydrogen) atoms. The molecule has 1 aromatic heterocycles. The number of carbonyl (C=O) groups is 3. The van der Waals surface area contributed by atoms with E-state index in [0.29, 0.717) is 50.4 Å². The maximum Gasteiger partial charge on any atom is 0.409 e. The Balaban J connectivity index is 1.64. The molecule has 0 aliphatic carbocycles. The Hall–Kier alpha value is -3.13. The molecule has 3 heterocycles. The van der Waals surface area contributed by atoms with Gasteiger partial charge in [-0.15, -0.1) is 11.3 Å². The van der Waals surface area contributed by atoms with Crippen molar-refractivity contribution in [3.05, 3.63) is 58.4 Å². The number of hydrogen-bond acceptors (Lipinski definition) is 6. The molecule has 0 unspecified atom stereocenters. The molecule has 0 bridgehead atoms. The third-order valence-corrected chi connectivity index (χ3v) is 6.76. The summed E-state index contributed by atoms with van der Waals surface area (Å²) in [5, 5.41) is 1.91. The topological polar surface area (TPSA) is 70.2 Å². The molecule has 0 saturated carbocycles. The second-order valence-corrected chi connectivity index (χ2v) is 8.63. The number of benzene rings is 1. The zero-order valence-corrected chi connectivity index (χ0v) is 19.1. The van der Waals surface area contributed by atoms with E-state index < -0.39 is 0 Å². The number of hydrogen-bond donors (Lipinski definition) is 0. The van der Waals surface area contributed by atoms with Crippen molar-refractivity contribution < 1.29 is 19.1 Å². The van der Waals surface area contributed by atoms with E-state index >= 15 is 0 Å². The van der Waals surface area contributed by atoms with Crippen LogP contribution in [0.1, 0.15) is 31.6 Å². The first-order valence-corrected chi connectivity index (χ1v) is 11.8. The average Bonchev–Trinajstić information content (AvgIpc) is 3.42. The third-order valence-electron chi connectivity index (χ3n) is 5.87. The number of piperidine rings is 1. The summed E-state index contributed by atoms with van der Waals surface area (Å²) >= 11 is 1.46. The number of anilines is 1. The molecule has 0 radical (unpaired) electrons. The van der Waals surface area contributed by atoms with Crippen LogP contribution in [-0.4, -0.2) is 60.0 Å². The highest BCUT2D eigenvalue weighted by Gasteiger charge is 2.46. The van der Waals surface area contributed by atoms with Crippen LogP contribution in [0.2, 0.25) is 0 Å². The predicted octanol–water partition coefficient (Wildman–Crippen LogP) is 3.98. The van der Waals surface area contributed by atoms with E-state index in [-0.39, 0.29) is 23.9 Å². The molecular weight excluding hydrogens is 426 g/mol. The van der Waals surface area contributed by atoms with Crippen molar-refractivity contribution in [2.75, 3.05) is 31.1 Å². The summed E-state index contributed by atoms with van der Waals surface area (Å²) in [5.41, 5.74) is 1.77. The van der Waals surface area contributed by atoms with Gasteiger partial charge in [-0.2, -0.15) is 0 Å². The summed E-state index contributed by atoms with van der Waals surface area (Å²) in [6.45, 7) is 5.55. The van der Waals surface area contributed by atoms with Crippen LogP contribution in [0.3, 0.4) is 0 Å². The van der Waals surface area contributed by atoms with Crippen molar-refractivity contribution in [3.8, 4) is 0 Å². The van der Waals surface area contributed by atoms with Crippen molar-refractivity contribution in [2.45, 2.75) is 32.7 Å². The van der Waals surface area contributed by atoms with Gasteiger partial charge in [0, 0.05) is 36.2 Å². The number of likely N-dealkylation sites (tertiary alicyclic amines) is 1. The number of para-hydroxylation sites is 1. The lowest BCUT2D eigenvalue weighted by Crippen LogP contribution is -2.49. The number of rotatable bonds is 6. The van der Waals surface area contributed by atoms with E-state index in [2.05, 4.69) is 0 Å². The number of ether oxygens (including phenoxy) is 1. The molecule has 2 aliphatic heterocycles. The first kappa shape index (κ1) is 22.1. The van der Waals surface area contributed by atoms with Crippen LogP contribution in [0.25, 0.3) is 5.57 Å². The van der Waals surface area contributed by atoms with E-state index in [1.54, 1.807) is 11.8 Å². The molecule has 0 spiro atoms. The molecular formula is C24H27N3O4S. The van der Waals surface area contributed by atoms with Gasteiger partial charge in [-0.1, -0.05) is 24.3 Å². The second-order valence-electron chi connectivity index (χ2n) is 7.68. The molecule has 1 aromatic carbocycles. The first-order valence-electron chi connectivity index (χ1n) is 11.0. The number of likely N-dealkylation sites (N-methyl/N-ethyl adjacent to an activating group) is 1. The van der Waals surface area contributed by atoms with Gasteiger partial charge in [-0.25, -0.2) is 4.79 Å². The highest BCUT2D eigenvalue weighted by molar-refractivity contribution is 7.11. The first-order chi connectivity index (χ1) is 15.6. The smallest absolute Gasteiger partial charge is 0.409 e. The van der Waals surface area contributed by atoms with Crippen molar-refractivity contribution in [1.29, 1.82) is 0 Å². The maximum atomic E-state index is 13.7. The summed E-state index contributed by atoms with van der Waals surface area (Å²) in [7, 11) is 0. The molecule has 8 heteroatoms. The summed E-state index contributed by atoms with van der Waals surface area (Å²) in [6.07, 6.45) is 0.738. The summed E-state index contributed by atoms with van der Waals surface area (Å²) in [4.78, 5) is 45.1. The Morgan fingerprint density at radius 3 is 2.38 bits per heavy atom. The molecule has 4 rings (SSSR count). The Labute approximate surface area is 191 Å². The highest BCUT2D eigenvalue weighted by atomic mass is 32.1. The van der Waals surface area contributed by atoms with Gasteiger partial charge in [0.15, 0.2) is 0 Å². The minimum atomic E-state index is -0.343. The Bertz CT molecular complexity index is 1010. The molecule has 0 N–H and O–H groups in total. The standard InChI is InChI=1S/C24H27N3O4S/c1-3-26(17-9-6-5-7-10-17)21-20(19-11-8-16-32-19)22(28)27(23(21)29)18-12-14-25(15-13-18)24(30)31-4-2/h5-11,16,18H,3-4,12-15H2,1-2H3. The molecule has 7 nitrogen and oxygen atoms in total. The van der Waals surface area contributed by atoms with E-state index in [1.807, 2.05) is 59.7 Å². The lowest BCUT2D eigenvalue weighted by atomic mass is 10.0. The number of amides is 3.